The number of nitrogens with zero attached hydrogens (tertiary/aromatic N) is 2. The van der Waals surface area contributed by atoms with Crippen LogP contribution in [0.2, 0.25) is 0 Å². The summed E-state index contributed by atoms with van der Waals surface area (Å²) in [6, 6.07) is 13.4. The van der Waals surface area contributed by atoms with Gasteiger partial charge in [-0.25, -0.2) is 4.39 Å². The molecule has 0 radical (unpaired) electrons. The Balaban J connectivity index is 1.70. The molecule has 0 saturated carbocycles. The molecule has 0 bridgehead atoms. The van der Waals surface area contributed by atoms with Crippen LogP contribution in [0.5, 0.6) is 0 Å². The van der Waals surface area contributed by atoms with E-state index in [4.69, 9.17) is 4.74 Å². The molecule has 0 spiro atoms. The van der Waals surface area contributed by atoms with Crippen LogP contribution in [0.1, 0.15) is 13.3 Å². The summed E-state index contributed by atoms with van der Waals surface area (Å²) in [6.07, 6.45) is 0.105. The molecule has 6 nitrogen and oxygen atoms in total. The summed E-state index contributed by atoms with van der Waals surface area (Å²) in [5.74, 6) is -0.831. The molecule has 0 atom stereocenters. The van der Waals surface area contributed by atoms with E-state index in [9.17, 15) is 14.0 Å². The van der Waals surface area contributed by atoms with Crippen molar-refractivity contribution < 1.29 is 18.7 Å². The van der Waals surface area contributed by atoms with Crippen LogP contribution in [0.4, 0.5) is 21.5 Å². The maximum Gasteiger partial charge on any atom is 0.226 e. The first-order chi connectivity index (χ1) is 13.5. The van der Waals surface area contributed by atoms with Crippen molar-refractivity contribution in [2.45, 2.75) is 13.3 Å². The van der Waals surface area contributed by atoms with Crippen LogP contribution in [-0.2, 0) is 14.3 Å². The second-order valence-corrected chi connectivity index (χ2v) is 6.57. The van der Waals surface area contributed by atoms with Crippen LogP contribution in [0, 0.1) is 5.82 Å². The van der Waals surface area contributed by atoms with Gasteiger partial charge in [0.2, 0.25) is 11.8 Å². The standard InChI is InChI=1S/C21H24FN3O3/c1-16(26)25(10-9-21(27)23-18-6-4-5-17(22)15-18)20-8-3-2-7-19(20)24-11-13-28-14-12-24/h2-8,15H,9-14H2,1H3,(H,23,27). The molecule has 2 amide bonds. The lowest BCUT2D eigenvalue weighted by Crippen LogP contribution is -2.39. The van der Waals surface area contributed by atoms with Gasteiger partial charge in [-0.05, 0) is 30.3 Å². The van der Waals surface area contributed by atoms with Gasteiger partial charge in [-0.3, -0.25) is 9.59 Å². The fourth-order valence-corrected chi connectivity index (χ4v) is 3.21. The van der Waals surface area contributed by atoms with Crippen LogP contribution in [0.3, 0.4) is 0 Å². The molecule has 0 unspecified atom stereocenters. The first kappa shape index (κ1) is 19.8. The predicted octanol–water partition coefficient (Wildman–Crippen LogP) is 3.04. The van der Waals surface area contributed by atoms with E-state index in [-0.39, 0.29) is 24.8 Å². The van der Waals surface area contributed by atoms with Crippen LogP contribution >= 0.6 is 0 Å². The lowest BCUT2D eigenvalue weighted by molar-refractivity contribution is -0.117. The highest BCUT2D eigenvalue weighted by Crippen LogP contribution is 2.30. The van der Waals surface area contributed by atoms with Crippen molar-refractivity contribution in [3.05, 3.63) is 54.3 Å². The fraction of sp³-hybridized carbons (Fsp3) is 0.333. The average Bonchev–Trinajstić information content (AvgIpc) is 2.69. The van der Waals surface area contributed by atoms with E-state index in [1.165, 1.54) is 25.1 Å². The molecule has 1 aliphatic heterocycles. The van der Waals surface area contributed by atoms with Gasteiger partial charge in [-0.1, -0.05) is 18.2 Å². The predicted molar refractivity (Wildman–Crippen MR) is 107 cm³/mol. The lowest BCUT2D eigenvalue weighted by Gasteiger charge is -2.33. The highest BCUT2D eigenvalue weighted by Gasteiger charge is 2.21. The molecule has 1 fully saturated rings. The lowest BCUT2D eigenvalue weighted by atomic mass is 10.2. The molecule has 7 heteroatoms. The number of anilines is 3. The molecule has 0 aliphatic carbocycles. The number of hydrogen-bond donors (Lipinski definition) is 1. The molecule has 1 N–H and O–H groups in total. The Morgan fingerprint density at radius 1 is 1.14 bits per heavy atom. The van der Waals surface area contributed by atoms with Crippen LogP contribution in [0.15, 0.2) is 48.5 Å². The zero-order valence-electron chi connectivity index (χ0n) is 15.9. The van der Waals surface area contributed by atoms with Gasteiger partial charge in [0, 0.05) is 38.7 Å². The third kappa shape index (κ3) is 5.07. The third-order valence-electron chi connectivity index (χ3n) is 4.58. The van der Waals surface area contributed by atoms with Crippen molar-refractivity contribution in [2.75, 3.05) is 48.0 Å². The smallest absolute Gasteiger partial charge is 0.226 e. The summed E-state index contributed by atoms with van der Waals surface area (Å²) in [5.41, 5.74) is 2.12. The van der Waals surface area contributed by atoms with Crippen molar-refractivity contribution in [1.82, 2.24) is 0 Å². The summed E-state index contributed by atoms with van der Waals surface area (Å²) in [7, 11) is 0. The Morgan fingerprint density at radius 3 is 2.61 bits per heavy atom. The Morgan fingerprint density at radius 2 is 1.89 bits per heavy atom. The number of carbonyl (C=O) groups is 2. The SMILES string of the molecule is CC(=O)N(CCC(=O)Nc1cccc(F)c1)c1ccccc1N1CCOCC1. The van der Waals surface area contributed by atoms with E-state index < -0.39 is 5.82 Å². The number of para-hydroxylation sites is 2. The first-order valence-corrected chi connectivity index (χ1v) is 9.30. The van der Waals surface area contributed by atoms with E-state index in [0.29, 0.717) is 18.9 Å². The van der Waals surface area contributed by atoms with Gasteiger partial charge >= 0.3 is 0 Å². The monoisotopic (exact) mass is 385 g/mol. The first-order valence-electron chi connectivity index (χ1n) is 9.30. The van der Waals surface area contributed by atoms with E-state index in [0.717, 1.165) is 24.5 Å². The highest BCUT2D eigenvalue weighted by atomic mass is 19.1. The summed E-state index contributed by atoms with van der Waals surface area (Å²) < 4.78 is 18.7. The number of nitrogens with one attached hydrogen (secondary N) is 1. The Hall–Kier alpha value is -2.93. The topological polar surface area (TPSA) is 61.9 Å². The number of morpholine rings is 1. The van der Waals surface area contributed by atoms with Crippen molar-refractivity contribution in [3.63, 3.8) is 0 Å². The molecule has 1 saturated heterocycles. The number of halogens is 1. The number of hydrogen-bond acceptors (Lipinski definition) is 4. The highest BCUT2D eigenvalue weighted by molar-refractivity contribution is 5.97. The van der Waals surface area contributed by atoms with Crippen LogP contribution < -0.4 is 15.1 Å². The Labute approximate surface area is 163 Å². The quantitative estimate of drug-likeness (QED) is 0.830. The number of benzene rings is 2. The van der Waals surface area contributed by atoms with E-state index in [1.807, 2.05) is 24.3 Å². The molecule has 3 rings (SSSR count). The molecular weight excluding hydrogens is 361 g/mol. The van der Waals surface area contributed by atoms with Gasteiger partial charge in [-0.2, -0.15) is 0 Å². The molecule has 2 aromatic rings. The number of ether oxygens (including phenoxy) is 1. The Bertz CT molecular complexity index is 837. The van der Waals surface area contributed by atoms with Crippen LogP contribution in [0.25, 0.3) is 0 Å². The van der Waals surface area contributed by atoms with E-state index in [2.05, 4.69) is 10.2 Å². The number of rotatable bonds is 6. The van der Waals surface area contributed by atoms with E-state index in [1.54, 1.807) is 11.0 Å². The summed E-state index contributed by atoms with van der Waals surface area (Å²) in [4.78, 5) is 28.4. The molecule has 148 valence electrons. The number of carbonyl (C=O) groups excluding carboxylic acids is 2. The minimum Gasteiger partial charge on any atom is -0.378 e. The molecule has 1 aliphatic rings. The van der Waals surface area contributed by atoms with Gasteiger partial charge in [0.25, 0.3) is 0 Å². The number of amides is 2. The van der Waals surface area contributed by atoms with Crippen molar-refractivity contribution in [3.8, 4) is 0 Å². The van der Waals surface area contributed by atoms with Crippen molar-refractivity contribution >= 4 is 28.9 Å². The van der Waals surface area contributed by atoms with Gasteiger partial charge in [0.1, 0.15) is 5.82 Å². The normalized spacial score (nSPS) is 13.9. The summed E-state index contributed by atoms with van der Waals surface area (Å²) >= 11 is 0. The minimum atomic E-state index is -0.414. The Kier molecular flexibility index (Phi) is 6.60. The van der Waals surface area contributed by atoms with Gasteiger partial charge in [-0.15, -0.1) is 0 Å². The van der Waals surface area contributed by atoms with Crippen molar-refractivity contribution in [1.29, 1.82) is 0 Å². The largest absolute Gasteiger partial charge is 0.378 e. The average molecular weight is 385 g/mol. The summed E-state index contributed by atoms with van der Waals surface area (Å²) in [6.45, 7) is 4.51. The third-order valence-corrected chi connectivity index (χ3v) is 4.58. The molecule has 2 aromatic carbocycles. The minimum absolute atomic E-state index is 0.105. The van der Waals surface area contributed by atoms with Gasteiger partial charge in [0.05, 0.1) is 24.6 Å². The maximum absolute atomic E-state index is 13.3. The van der Waals surface area contributed by atoms with Crippen molar-refractivity contribution in [2.24, 2.45) is 0 Å². The second kappa shape index (κ2) is 9.32. The molecular formula is C21H24FN3O3. The molecule has 1 heterocycles. The fourth-order valence-electron chi connectivity index (χ4n) is 3.21. The van der Waals surface area contributed by atoms with Crippen LogP contribution in [-0.4, -0.2) is 44.7 Å². The maximum atomic E-state index is 13.3. The van der Waals surface area contributed by atoms with E-state index >= 15 is 0 Å². The zero-order chi connectivity index (χ0) is 19.9. The zero-order valence-corrected chi connectivity index (χ0v) is 15.9. The van der Waals surface area contributed by atoms with Gasteiger partial charge < -0.3 is 19.9 Å². The molecule has 0 aromatic heterocycles. The molecule has 28 heavy (non-hydrogen) atoms. The van der Waals surface area contributed by atoms with Gasteiger partial charge in [0.15, 0.2) is 0 Å². The second-order valence-electron chi connectivity index (χ2n) is 6.57. The summed E-state index contributed by atoms with van der Waals surface area (Å²) in [5, 5.41) is 2.66.